The van der Waals surface area contributed by atoms with Gasteiger partial charge < -0.3 is 15.5 Å². The van der Waals surface area contributed by atoms with Crippen LogP contribution < -0.4 is 5.32 Å². The zero-order chi connectivity index (χ0) is 19.0. The number of nitrogens with one attached hydrogen (secondary N) is 1. The second-order valence-electron chi connectivity index (χ2n) is 7.17. The monoisotopic (exact) mass is 363 g/mol. The van der Waals surface area contributed by atoms with E-state index in [1.165, 1.54) is 51.4 Å². The first-order valence-corrected chi connectivity index (χ1v) is 10.3. The van der Waals surface area contributed by atoms with Crippen LogP contribution in [0.3, 0.4) is 0 Å². The molecule has 26 heavy (non-hydrogen) atoms. The lowest BCUT2D eigenvalue weighted by Gasteiger charge is -2.22. The van der Waals surface area contributed by atoms with Crippen molar-refractivity contribution in [3.63, 3.8) is 0 Å². The highest BCUT2D eigenvalue weighted by molar-refractivity contribution is 5.94. The Hall–Kier alpha value is -1.39. The molecular formula is C22H37NO3. The van der Waals surface area contributed by atoms with E-state index in [1.807, 2.05) is 6.07 Å². The topological polar surface area (TPSA) is 69.6 Å². The van der Waals surface area contributed by atoms with Gasteiger partial charge in [0.15, 0.2) is 0 Å². The summed E-state index contributed by atoms with van der Waals surface area (Å²) in [6.07, 6.45) is 12.4. The Bertz CT molecular complexity index is 464. The molecule has 3 N–H and O–H groups in total. The Morgan fingerprint density at radius 2 is 1.46 bits per heavy atom. The van der Waals surface area contributed by atoms with Crippen LogP contribution in [0, 0.1) is 0 Å². The quantitative estimate of drug-likeness (QED) is 0.403. The standard InChI is InChI=1S/C22H37NO3/c1-2-3-4-5-6-7-8-9-10-14-17-21(25)20(18-24)23-22(26)19-15-12-11-13-16-19/h11-13,15-16,20-21,24-25H,2-10,14,17-18H2,1H3,(H,23,26)/t20-,21?/m0/s1. The molecule has 1 aromatic rings. The molecule has 0 spiro atoms. The number of rotatable bonds is 15. The summed E-state index contributed by atoms with van der Waals surface area (Å²) in [4.78, 5) is 12.1. The molecule has 0 aliphatic carbocycles. The van der Waals surface area contributed by atoms with Gasteiger partial charge in [-0.2, -0.15) is 0 Å². The van der Waals surface area contributed by atoms with Gasteiger partial charge in [-0.25, -0.2) is 0 Å². The third kappa shape index (κ3) is 9.93. The number of hydrogen-bond donors (Lipinski definition) is 3. The molecule has 2 atom stereocenters. The SMILES string of the molecule is CCCCCCCCCCCCC(O)[C@H](CO)NC(=O)c1ccccc1. The van der Waals surface area contributed by atoms with Crippen LogP contribution in [-0.2, 0) is 0 Å². The maximum atomic E-state index is 12.1. The van der Waals surface area contributed by atoms with Crippen LogP contribution in [0.25, 0.3) is 0 Å². The third-order valence-electron chi connectivity index (χ3n) is 4.87. The van der Waals surface area contributed by atoms with Crippen molar-refractivity contribution in [3.05, 3.63) is 35.9 Å². The first kappa shape index (κ1) is 22.7. The van der Waals surface area contributed by atoms with Crippen LogP contribution >= 0.6 is 0 Å². The van der Waals surface area contributed by atoms with Gasteiger partial charge in [-0.1, -0.05) is 89.3 Å². The fraction of sp³-hybridized carbons (Fsp3) is 0.682. The third-order valence-corrected chi connectivity index (χ3v) is 4.87. The van der Waals surface area contributed by atoms with E-state index >= 15 is 0 Å². The van der Waals surface area contributed by atoms with Gasteiger partial charge in [0.25, 0.3) is 5.91 Å². The second kappa shape index (κ2) is 14.7. The highest BCUT2D eigenvalue weighted by atomic mass is 16.3. The molecule has 1 aromatic carbocycles. The zero-order valence-corrected chi connectivity index (χ0v) is 16.3. The Morgan fingerprint density at radius 3 is 2.00 bits per heavy atom. The highest BCUT2D eigenvalue weighted by Crippen LogP contribution is 2.13. The summed E-state index contributed by atoms with van der Waals surface area (Å²) in [5, 5.41) is 22.5. The van der Waals surface area contributed by atoms with Crippen LogP contribution in [0.2, 0.25) is 0 Å². The maximum absolute atomic E-state index is 12.1. The highest BCUT2D eigenvalue weighted by Gasteiger charge is 2.20. The van der Waals surface area contributed by atoms with E-state index in [0.717, 1.165) is 12.8 Å². The first-order valence-electron chi connectivity index (χ1n) is 10.3. The minimum absolute atomic E-state index is 0.252. The van der Waals surface area contributed by atoms with Gasteiger partial charge in [0, 0.05) is 5.56 Å². The average Bonchev–Trinajstić information content (AvgIpc) is 2.67. The number of benzene rings is 1. The summed E-state index contributed by atoms with van der Waals surface area (Å²) in [5.74, 6) is -0.258. The van der Waals surface area contributed by atoms with Gasteiger partial charge in [-0.05, 0) is 18.6 Å². The van der Waals surface area contributed by atoms with Gasteiger partial charge in [0.05, 0.1) is 18.8 Å². The number of hydrogen-bond acceptors (Lipinski definition) is 3. The summed E-state index contributed by atoms with van der Waals surface area (Å²) >= 11 is 0. The minimum Gasteiger partial charge on any atom is -0.394 e. The first-order chi connectivity index (χ1) is 12.7. The molecule has 0 bridgehead atoms. The van der Waals surface area contributed by atoms with E-state index in [4.69, 9.17) is 0 Å². The molecule has 4 nitrogen and oxygen atoms in total. The van der Waals surface area contributed by atoms with E-state index in [9.17, 15) is 15.0 Å². The minimum atomic E-state index is -0.707. The predicted octanol–water partition coefficient (Wildman–Crippen LogP) is 4.45. The van der Waals surface area contributed by atoms with Crippen LogP contribution in [0.4, 0.5) is 0 Å². The van der Waals surface area contributed by atoms with Crippen molar-refractivity contribution in [2.24, 2.45) is 0 Å². The van der Waals surface area contributed by atoms with Crippen molar-refractivity contribution in [1.82, 2.24) is 5.32 Å². The second-order valence-corrected chi connectivity index (χ2v) is 7.17. The number of aliphatic hydroxyl groups excluding tert-OH is 2. The van der Waals surface area contributed by atoms with Gasteiger partial charge in [-0.15, -0.1) is 0 Å². The maximum Gasteiger partial charge on any atom is 0.251 e. The Balaban J connectivity index is 2.12. The molecule has 1 rings (SSSR count). The van der Waals surface area contributed by atoms with Crippen molar-refractivity contribution in [2.75, 3.05) is 6.61 Å². The van der Waals surface area contributed by atoms with Gasteiger partial charge in [-0.3, -0.25) is 4.79 Å². The molecule has 0 aliphatic heterocycles. The van der Waals surface area contributed by atoms with Gasteiger partial charge in [0.1, 0.15) is 0 Å². The molecule has 148 valence electrons. The van der Waals surface area contributed by atoms with E-state index in [-0.39, 0.29) is 12.5 Å². The van der Waals surface area contributed by atoms with Crippen molar-refractivity contribution < 1.29 is 15.0 Å². The molecule has 0 aliphatic rings. The number of carbonyl (C=O) groups is 1. The molecule has 0 saturated heterocycles. The lowest BCUT2D eigenvalue weighted by molar-refractivity contribution is 0.0661. The van der Waals surface area contributed by atoms with Crippen LogP contribution in [0.5, 0.6) is 0 Å². The van der Waals surface area contributed by atoms with Crippen molar-refractivity contribution in [2.45, 2.75) is 89.7 Å². The lowest BCUT2D eigenvalue weighted by atomic mass is 10.0. The number of unbranched alkanes of at least 4 members (excludes halogenated alkanes) is 9. The van der Waals surface area contributed by atoms with E-state index in [1.54, 1.807) is 24.3 Å². The van der Waals surface area contributed by atoms with Crippen molar-refractivity contribution >= 4 is 5.91 Å². The van der Waals surface area contributed by atoms with E-state index in [2.05, 4.69) is 12.2 Å². The average molecular weight is 364 g/mol. The fourth-order valence-corrected chi connectivity index (χ4v) is 3.15. The molecule has 4 heteroatoms. The molecule has 0 radical (unpaired) electrons. The van der Waals surface area contributed by atoms with Gasteiger partial charge in [0.2, 0.25) is 0 Å². The van der Waals surface area contributed by atoms with E-state index < -0.39 is 12.1 Å². The summed E-state index contributed by atoms with van der Waals surface area (Å²) < 4.78 is 0. The molecule has 0 aromatic heterocycles. The summed E-state index contributed by atoms with van der Waals surface area (Å²) in [7, 11) is 0. The van der Waals surface area contributed by atoms with Crippen LogP contribution in [0.1, 0.15) is 87.9 Å². The Kier molecular flexibility index (Phi) is 12.8. The van der Waals surface area contributed by atoms with Crippen LogP contribution in [0.15, 0.2) is 30.3 Å². The zero-order valence-electron chi connectivity index (χ0n) is 16.3. The Labute approximate surface area is 159 Å². The van der Waals surface area contributed by atoms with Gasteiger partial charge >= 0.3 is 0 Å². The Morgan fingerprint density at radius 1 is 0.923 bits per heavy atom. The molecule has 0 fully saturated rings. The molecule has 0 heterocycles. The van der Waals surface area contributed by atoms with Crippen molar-refractivity contribution in [3.8, 4) is 0 Å². The summed E-state index contributed by atoms with van der Waals surface area (Å²) in [5.41, 5.74) is 0.539. The smallest absolute Gasteiger partial charge is 0.251 e. The number of aliphatic hydroxyl groups is 2. The molecule has 1 unspecified atom stereocenters. The normalized spacial score (nSPS) is 13.3. The molecule has 1 amide bonds. The molecular weight excluding hydrogens is 326 g/mol. The number of amides is 1. The van der Waals surface area contributed by atoms with E-state index in [0.29, 0.717) is 12.0 Å². The fourth-order valence-electron chi connectivity index (χ4n) is 3.15. The van der Waals surface area contributed by atoms with Crippen LogP contribution in [-0.4, -0.2) is 34.9 Å². The van der Waals surface area contributed by atoms with Crippen molar-refractivity contribution in [1.29, 1.82) is 0 Å². The summed E-state index contributed by atoms with van der Waals surface area (Å²) in [6, 6.07) is 8.27. The summed E-state index contributed by atoms with van der Waals surface area (Å²) in [6.45, 7) is 1.99. The lowest BCUT2D eigenvalue weighted by Crippen LogP contribution is -2.45. The predicted molar refractivity (Wildman–Crippen MR) is 107 cm³/mol. The molecule has 0 saturated carbocycles. The largest absolute Gasteiger partial charge is 0.394 e. The number of carbonyl (C=O) groups excluding carboxylic acids is 1.